The van der Waals surface area contributed by atoms with E-state index in [2.05, 4.69) is 0 Å². The van der Waals surface area contributed by atoms with Gasteiger partial charge in [-0.3, -0.25) is 0 Å². The van der Waals surface area contributed by atoms with Crippen LogP contribution in [0.25, 0.3) is 0 Å². The molecular weight excluding hydrogens is 315 g/mol. The third-order valence-electron chi connectivity index (χ3n) is 0. The zero-order valence-electron chi connectivity index (χ0n) is 8.42. The van der Waals surface area contributed by atoms with E-state index in [1.165, 1.54) is 0 Å². The molecule has 0 aromatic heterocycles. The van der Waals surface area contributed by atoms with Crippen molar-refractivity contribution in [2.75, 3.05) is 18.8 Å². The molecule has 0 unspecified atom stereocenters. The largest absolute Gasteiger partial charge is 0.222 e. The van der Waals surface area contributed by atoms with Gasteiger partial charge in [0.15, 0.2) is 0 Å². The number of hydrogen-bond acceptors (Lipinski definition) is 9. The van der Waals surface area contributed by atoms with Crippen LogP contribution in [-0.2, 0) is 27.6 Å². The second-order valence-electron chi connectivity index (χ2n) is 2.48. The molecule has 0 heterocycles. The van der Waals surface area contributed by atoms with Crippen molar-refractivity contribution < 1.29 is 62.0 Å². The molecule has 0 saturated carbocycles. The van der Waals surface area contributed by atoms with E-state index in [0.717, 1.165) is 0 Å². The lowest BCUT2D eigenvalue weighted by Crippen LogP contribution is -2.68. The average Bonchev–Trinajstić information content (AvgIpc) is 1.41. The van der Waals surface area contributed by atoms with Crippen LogP contribution in [0.4, 0.5) is 0 Å². The van der Waals surface area contributed by atoms with Crippen molar-refractivity contribution in [3.05, 3.63) is 0 Å². The Bertz CT molecular complexity index is 160. The topological polar surface area (TPSA) is 202 Å². The summed E-state index contributed by atoms with van der Waals surface area (Å²) in [5.74, 6) is 0. The summed E-state index contributed by atoms with van der Waals surface area (Å²) in [5.41, 5.74) is 0. The Morgan fingerprint density at radius 3 is 0.688 bits per heavy atom. The molecular formula is C3H12Cl2O9S2. The minimum absolute atomic E-state index is 0. The van der Waals surface area contributed by atoms with Crippen molar-refractivity contribution in [3.8, 4) is 0 Å². The normalized spacial score (nSPS) is 11.2. The van der Waals surface area contributed by atoms with Gasteiger partial charge in [-0.15, -0.1) is 24.7 Å². The van der Waals surface area contributed by atoms with Crippen molar-refractivity contribution in [3.63, 3.8) is 0 Å². The molecule has 0 spiro atoms. The maximum absolute atomic E-state index is 10.2. The summed E-state index contributed by atoms with van der Waals surface area (Å²) < 4.78 is 78.1. The molecule has 0 aliphatic rings. The lowest BCUT2D eigenvalue weighted by atomic mass is 11.9. The fourth-order valence-electron chi connectivity index (χ4n) is 0. The van der Waals surface area contributed by atoms with Gasteiger partial charge in [-0.25, -0.2) is 37.3 Å². The Balaban J connectivity index is -0.0000000655. The van der Waals surface area contributed by atoms with Gasteiger partial charge in [0.25, 0.3) is 0 Å². The van der Waals surface area contributed by atoms with Gasteiger partial charge >= 0.3 is 0 Å². The highest BCUT2D eigenvalue weighted by atomic mass is 35.7. The number of halogens is 2. The van der Waals surface area contributed by atoms with Crippen LogP contribution in [0, 0.1) is 20.5 Å². The second-order valence-corrected chi connectivity index (χ2v) is 7.44. The van der Waals surface area contributed by atoms with Crippen LogP contribution in [0.3, 0.4) is 0 Å². The van der Waals surface area contributed by atoms with Crippen molar-refractivity contribution in [2.45, 2.75) is 0 Å². The number of rotatable bonds is 0. The lowest BCUT2D eigenvalue weighted by Gasteiger charge is -2.17. The van der Waals surface area contributed by atoms with Gasteiger partial charge in [0.05, 0.1) is 9.93 Å². The molecule has 104 valence electrons. The monoisotopic (exact) mass is 326 g/mol. The molecule has 0 aromatic carbocycles. The quantitative estimate of drug-likeness (QED) is 0.387. The van der Waals surface area contributed by atoms with Crippen LogP contribution in [0.1, 0.15) is 0 Å². The van der Waals surface area contributed by atoms with Crippen LogP contribution >= 0.6 is 0 Å². The van der Waals surface area contributed by atoms with Gasteiger partial charge in [-0.05, 0) is 0 Å². The van der Waals surface area contributed by atoms with E-state index in [1.807, 2.05) is 0 Å². The second kappa shape index (κ2) is 9.76. The fourth-order valence-corrected chi connectivity index (χ4v) is 0. The fraction of sp³-hybridized carbons (Fsp3) is 1.00. The SMILES string of the molecule is C[S+](C)(C)=O.[O-][Cl+3]([O-])([O-])[O-].[O-][Cl+3]([O-])([O-])[O-].[SH3+]. The van der Waals surface area contributed by atoms with Crippen LogP contribution in [0.15, 0.2) is 0 Å². The first kappa shape index (κ1) is 25.6. The van der Waals surface area contributed by atoms with E-state index in [0.29, 0.717) is 0 Å². The third kappa shape index (κ3) is 4840. The average molecular weight is 327 g/mol. The Labute approximate surface area is 104 Å². The van der Waals surface area contributed by atoms with Crippen molar-refractivity contribution in [1.29, 1.82) is 0 Å². The Morgan fingerprint density at radius 1 is 0.688 bits per heavy atom. The minimum Gasteiger partial charge on any atom is -0.222 e. The molecule has 0 N–H and O–H groups in total. The van der Waals surface area contributed by atoms with Gasteiger partial charge in [0, 0.05) is 0 Å². The van der Waals surface area contributed by atoms with Gasteiger partial charge < -0.3 is 0 Å². The molecule has 13 heteroatoms. The maximum atomic E-state index is 10.2. The van der Waals surface area contributed by atoms with E-state index in [1.54, 1.807) is 18.8 Å². The Morgan fingerprint density at radius 2 is 0.688 bits per heavy atom. The molecule has 16 heavy (non-hydrogen) atoms. The van der Waals surface area contributed by atoms with Gasteiger partial charge in [-0.1, -0.05) is 13.5 Å². The minimum atomic E-state index is -4.94. The molecule has 0 amide bonds. The van der Waals surface area contributed by atoms with Crippen LogP contribution in [-0.4, -0.2) is 18.8 Å². The molecule has 0 saturated heterocycles. The molecule has 0 radical (unpaired) electrons. The summed E-state index contributed by atoms with van der Waals surface area (Å²) in [6, 6.07) is 0. The Kier molecular flexibility index (Phi) is 15.6. The van der Waals surface area contributed by atoms with Gasteiger partial charge in [-0.2, -0.15) is 0 Å². The molecule has 0 bridgehead atoms. The first-order chi connectivity index (χ1) is 6.00. The maximum Gasteiger partial charge on any atom is 0.101 e. The highest BCUT2D eigenvalue weighted by Crippen LogP contribution is 1.78. The first-order valence-corrected chi connectivity index (χ1v) is 7.88. The molecule has 0 aromatic rings. The van der Waals surface area contributed by atoms with Crippen molar-refractivity contribution >= 4 is 23.4 Å². The number of hydrogen-bond donors (Lipinski definition) is 0. The van der Waals surface area contributed by atoms with Crippen LogP contribution in [0.5, 0.6) is 0 Å². The Hall–Kier alpha value is 0.760. The summed E-state index contributed by atoms with van der Waals surface area (Å²) in [6.45, 7) is 0. The summed E-state index contributed by atoms with van der Waals surface area (Å²) in [4.78, 5) is 0. The van der Waals surface area contributed by atoms with Crippen LogP contribution in [0.2, 0.25) is 0 Å². The zero-order chi connectivity index (χ0) is 13.5. The van der Waals surface area contributed by atoms with E-state index in [4.69, 9.17) is 37.3 Å². The molecule has 0 atom stereocenters. The summed E-state index contributed by atoms with van der Waals surface area (Å²) in [7, 11) is -11.3. The van der Waals surface area contributed by atoms with Crippen molar-refractivity contribution in [1.82, 2.24) is 0 Å². The van der Waals surface area contributed by atoms with E-state index in [-0.39, 0.29) is 13.5 Å². The zero-order valence-corrected chi connectivity index (χ0v) is 11.9. The summed E-state index contributed by atoms with van der Waals surface area (Å²) >= 11 is 0. The molecule has 0 aliphatic carbocycles. The third-order valence-corrected chi connectivity index (χ3v) is 0. The van der Waals surface area contributed by atoms with Gasteiger partial charge in [0.2, 0.25) is 0 Å². The molecule has 0 fully saturated rings. The summed E-state index contributed by atoms with van der Waals surface area (Å²) in [6.07, 6.45) is 5.15. The van der Waals surface area contributed by atoms with E-state index >= 15 is 0 Å². The molecule has 9 nitrogen and oxygen atoms in total. The van der Waals surface area contributed by atoms with Crippen LogP contribution < -0.4 is 37.3 Å². The highest BCUT2D eigenvalue weighted by Gasteiger charge is 1.95. The predicted molar refractivity (Wildman–Crippen MR) is 37.4 cm³/mol. The standard InChI is InChI=1S/C3H9OS.2ClHO4.H2S/c1-5(2,3)4;2*2-1(3,4)5;/h1-3H3;2*(H,2,3,4,5);1H2/q+1;;;/p-1. The van der Waals surface area contributed by atoms with Crippen molar-refractivity contribution in [2.24, 2.45) is 0 Å². The first-order valence-electron chi connectivity index (χ1n) is 2.63. The predicted octanol–water partition coefficient (Wildman–Crippen LogP) is -9.94. The van der Waals surface area contributed by atoms with E-state index < -0.39 is 30.4 Å². The smallest absolute Gasteiger partial charge is 0.101 e. The molecule has 0 rings (SSSR count). The van der Waals surface area contributed by atoms with E-state index in [9.17, 15) is 4.21 Å². The molecule has 0 aliphatic heterocycles. The lowest BCUT2D eigenvalue weighted by molar-refractivity contribution is -2.00. The summed E-state index contributed by atoms with van der Waals surface area (Å²) in [5, 5.41) is 0. The highest BCUT2D eigenvalue weighted by molar-refractivity contribution is 8.00. The van der Waals surface area contributed by atoms with Gasteiger partial charge in [0.1, 0.15) is 18.8 Å².